The Morgan fingerprint density at radius 3 is 2.58 bits per heavy atom. The fourth-order valence-electron chi connectivity index (χ4n) is 1.26. The number of hydrogen-bond donors (Lipinski definition) is 3. The Labute approximate surface area is 118 Å². The van der Waals surface area contributed by atoms with Gasteiger partial charge >= 0.3 is 5.97 Å². The largest absolute Gasteiger partial charge is 0.481 e. The minimum absolute atomic E-state index is 0.0426. The minimum Gasteiger partial charge on any atom is -0.481 e. The molecule has 0 saturated carbocycles. The van der Waals surface area contributed by atoms with Crippen molar-refractivity contribution in [2.24, 2.45) is 0 Å². The van der Waals surface area contributed by atoms with Crippen LogP contribution >= 0.6 is 15.9 Å². The van der Waals surface area contributed by atoms with Crippen LogP contribution in [-0.2, 0) is 9.59 Å². The van der Waals surface area contributed by atoms with Crippen LogP contribution < -0.4 is 10.6 Å². The third-order valence-electron chi connectivity index (χ3n) is 2.16. The van der Waals surface area contributed by atoms with E-state index in [0.717, 1.165) is 4.47 Å². The van der Waals surface area contributed by atoms with Crippen LogP contribution in [0, 0.1) is 0 Å². The number of hydrogen-bond acceptors (Lipinski definition) is 3. The molecule has 0 saturated heterocycles. The topological polar surface area (TPSA) is 95.5 Å². The van der Waals surface area contributed by atoms with Crippen molar-refractivity contribution in [3.05, 3.63) is 34.3 Å². The fraction of sp³-hybridized carbons (Fsp3) is 0.250. The van der Waals surface area contributed by atoms with E-state index in [0.29, 0.717) is 5.56 Å². The van der Waals surface area contributed by atoms with Gasteiger partial charge in [0.2, 0.25) is 5.91 Å². The van der Waals surface area contributed by atoms with Gasteiger partial charge in [-0.25, -0.2) is 0 Å². The van der Waals surface area contributed by atoms with Crippen LogP contribution in [0.15, 0.2) is 28.7 Å². The molecular formula is C12H13BrN2O4. The second-order valence-corrected chi connectivity index (χ2v) is 4.60. The second kappa shape index (κ2) is 7.52. The van der Waals surface area contributed by atoms with Crippen LogP contribution in [0.3, 0.4) is 0 Å². The fourth-order valence-corrected chi connectivity index (χ4v) is 1.66. The van der Waals surface area contributed by atoms with Crippen molar-refractivity contribution in [1.82, 2.24) is 10.6 Å². The zero-order valence-electron chi connectivity index (χ0n) is 9.98. The van der Waals surface area contributed by atoms with Crippen molar-refractivity contribution in [3.8, 4) is 0 Å². The Balaban J connectivity index is 2.34. The lowest BCUT2D eigenvalue weighted by molar-refractivity contribution is -0.136. The number of carbonyl (C=O) groups is 3. The molecule has 3 N–H and O–H groups in total. The molecule has 0 atom stereocenters. The summed E-state index contributed by atoms with van der Waals surface area (Å²) >= 11 is 3.24. The molecule has 1 aromatic carbocycles. The van der Waals surface area contributed by atoms with Crippen molar-refractivity contribution in [3.63, 3.8) is 0 Å². The molecule has 0 unspecified atom stereocenters. The number of amides is 2. The highest BCUT2D eigenvalue weighted by molar-refractivity contribution is 9.10. The number of aliphatic carboxylic acids is 1. The molecule has 0 aliphatic carbocycles. The zero-order valence-corrected chi connectivity index (χ0v) is 11.6. The Hall–Kier alpha value is -1.89. The van der Waals surface area contributed by atoms with E-state index in [2.05, 4.69) is 26.6 Å². The zero-order chi connectivity index (χ0) is 14.3. The first-order chi connectivity index (χ1) is 8.99. The quantitative estimate of drug-likeness (QED) is 0.718. The van der Waals surface area contributed by atoms with Crippen LogP contribution in [0.4, 0.5) is 0 Å². The summed E-state index contributed by atoms with van der Waals surface area (Å²) in [7, 11) is 0. The predicted octanol–water partition coefficient (Wildman–Crippen LogP) is 0.770. The maximum atomic E-state index is 11.7. The van der Waals surface area contributed by atoms with E-state index < -0.39 is 11.9 Å². The van der Waals surface area contributed by atoms with Crippen LogP contribution in [0.1, 0.15) is 16.8 Å². The lowest BCUT2D eigenvalue weighted by atomic mass is 10.2. The number of nitrogens with one attached hydrogen (secondary N) is 2. The van der Waals surface area contributed by atoms with Gasteiger partial charge in [0, 0.05) is 16.6 Å². The van der Waals surface area contributed by atoms with Gasteiger partial charge in [-0.2, -0.15) is 0 Å². The maximum Gasteiger partial charge on any atom is 0.305 e. The number of rotatable bonds is 6. The molecule has 1 aromatic rings. The van der Waals surface area contributed by atoms with E-state index in [1.54, 1.807) is 24.3 Å². The number of carboxylic acids is 1. The molecule has 102 valence electrons. The van der Waals surface area contributed by atoms with Crippen LogP contribution in [-0.4, -0.2) is 36.0 Å². The van der Waals surface area contributed by atoms with Gasteiger partial charge in [0.15, 0.2) is 0 Å². The summed E-state index contributed by atoms with van der Waals surface area (Å²) in [4.78, 5) is 33.2. The number of carbonyl (C=O) groups excluding carboxylic acids is 2. The molecule has 0 heterocycles. The van der Waals surface area contributed by atoms with Crippen LogP contribution in [0.25, 0.3) is 0 Å². The van der Waals surface area contributed by atoms with Gasteiger partial charge in [-0.05, 0) is 18.2 Å². The van der Waals surface area contributed by atoms with Crippen molar-refractivity contribution in [2.75, 3.05) is 13.1 Å². The number of halogens is 1. The molecule has 0 aliphatic heterocycles. The normalized spacial score (nSPS) is 9.74. The van der Waals surface area contributed by atoms with Crippen LogP contribution in [0.5, 0.6) is 0 Å². The Morgan fingerprint density at radius 1 is 1.21 bits per heavy atom. The molecule has 0 spiro atoms. The molecule has 2 amide bonds. The lowest BCUT2D eigenvalue weighted by Gasteiger charge is -2.06. The lowest BCUT2D eigenvalue weighted by Crippen LogP contribution is -2.37. The van der Waals surface area contributed by atoms with E-state index in [1.807, 2.05) is 0 Å². The van der Waals surface area contributed by atoms with Crippen molar-refractivity contribution in [1.29, 1.82) is 0 Å². The van der Waals surface area contributed by atoms with Gasteiger partial charge in [0.25, 0.3) is 5.91 Å². The molecule has 0 radical (unpaired) electrons. The molecular weight excluding hydrogens is 316 g/mol. The van der Waals surface area contributed by atoms with Gasteiger partial charge in [0.05, 0.1) is 13.0 Å². The van der Waals surface area contributed by atoms with E-state index >= 15 is 0 Å². The molecule has 1 rings (SSSR count). The van der Waals surface area contributed by atoms with E-state index in [1.165, 1.54) is 0 Å². The van der Waals surface area contributed by atoms with Gasteiger partial charge in [-0.15, -0.1) is 0 Å². The monoisotopic (exact) mass is 328 g/mol. The first-order valence-electron chi connectivity index (χ1n) is 5.51. The van der Waals surface area contributed by atoms with E-state index in [-0.39, 0.29) is 25.4 Å². The molecule has 19 heavy (non-hydrogen) atoms. The first-order valence-corrected chi connectivity index (χ1v) is 6.30. The van der Waals surface area contributed by atoms with E-state index in [4.69, 9.17) is 5.11 Å². The predicted molar refractivity (Wildman–Crippen MR) is 71.7 cm³/mol. The summed E-state index contributed by atoms with van der Waals surface area (Å²) in [5.41, 5.74) is 0.438. The average Bonchev–Trinajstić information content (AvgIpc) is 2.35. The molecule has 6 nitrogen and oxygen atoms in total. The SMILES string of the molecule is O=C(O)CCNC(=O)CNC(=O)c1cccc(Br)c1. The smallest absolute Gasteiger partial charge is 0.305 e. The van der Waals surface area contributed by atoms with E-state index in [9.17, 15) is 14.4 Å². The Bertz CT molecular complexity index is 490. The van der Waals surface area contributed by atoms with Gasteiger partial charge in [-0.1, -0.05) is 22.0 Å². The maximum absolute atomic E-state index is 11.7. The highest BCUT2D eigenvalue weighted by Gasteiger charge is 2.08. The molecule has 0 aliphatic rings. The van der Waals surface area contributed by atoms with Gasteiger partial charge < -0.3 is 15.7 Å². The molecule has 0 aromatic heterocycles. The number of carboxylic acid groups (broad SMARTS) is 1. The third kappa shape index (κ3) is 6.01. The van der Waals surface area contributed by atoms with Crippen molar-refractivity contribution < 1.29 is 19.5 Å². The summed E-state index contributed by atoms with van der Waals surface area (Å²) < 4.78 is 0.769. The summed E-state index contributed by atoms with van der Waals surface area (Å²) in [6.45, 7) is -0.147. The molecule has 0 bridgehead atoms. The summed E-state index contributed by atoms with van der Waals surface area (Å²) in [5, 5.41) is 13.2. The summed E-state index contributed by atoms with van der Waals surface area (Å²) in [6, 6.07) is 6.77. The second-order valence-electron chi connectivity index (χ2n) is 3.69. The third-order valence-corrected chi connectivity index (χ3v) is 2.65. The Morgan fingerprint density at radius 2 is 1.95 bits per heavy atom. The standard InChI is InChI=1S/C12H13BrN2O4/c13-9-3-1-2-8(6-9)12(19)15-7-10(16)14-5-4-11(17)18/h1-3,6H,4-5,7H2,(H,14,16)(H,15,19)(H,17,18). The first kappa shape index (κ1) is 15.2. The number of benzene rings is 1. The highest BCUT2D eigenvalue weighted by Crippen LogP contribution is 2.11. The minimum atomic E-state index is -0.988. The Kier molecular flexibility index (Phi) is 6.01. The van der Waals surface area contributed by atoms with Crippen molar-refractivity contribution in [2.45, 2.75) is 6.42 Å². The van der Waals surface area contributed by atoms with Gasteiger partial charge in [-0.3, -0.25) is 14.4 Å². The molecule has 0 fully saturated rings. The molecule has 7 heteroatoms. The van der Waals surface area contributed by atoms with Crippen molar-refractivity contribution >= 4 is 33.7 Å². The summed E-state index contributed by atoms with van der Waals surface area (Å²) in [5.74, 6) is -1.78. The van der Waals surface area contributed by atoms with Crippen LogP contribution in [0.2, 0.25) is 0 Å². The van der Waals surface area contributed by atoms with Gasteiger partial charge in [0.1, 0.15) is 0 Å². The average molecular weight is 329 g/mol. The highest BCUT2D eigenvalue weighted by atomic mass is 79.9. The summed E-state index contributed by atoms with van der Waals surface area (Å²) in [6.07, 6.45) is -0.148.